The van der Waals surface area contributed by atoms with Gasteiger partial charge in [-0.2, -0.15) is 0 Å². The lowest BCUT2D eigenvalue weighted by Gasteiger charge is -2.08. The molecule has 0 aliphatic carbocycles. The first kappa shape index (κ1) is 16.9. The fourth-order valence-corrected chi connectivity index (χ4v) is 2.07. The number of hydrogen-bond donors (Lipinski definition) is 2. The molecule has 2 aromatic rings. The van der Waals surface area contributed by atoms with Crippen LogP contribution in [0.5, 0.6) is 0 Å². The number of amides is 1. The van der Waals surface area contributed by atoms with Crippen molar-refractivity contribution in [2.24, 2.45) is 0 Å². The molecule has 2 rings (SSSR count). The third kappa shape index (κ3) is 3.83. The maximum Gasteiger partial charge on any atom is 0.337 e. The minimum atomic E-state index is -1.16. The summed E-state index contributed by atoms with van der Waals surface area (Å²) >= 11 is 0. The molecule has 0 aliphatic heterocycles. The average Bonchev–Trinajstić information content (AvgIpc) is 2.55. The molecule has 0 aliphatic rings. The fraction of sp³-hybridized carbons (Fsp3) is 0.0588. The number of carboxylic acid groups (broad SMARTS) is 1. The number of carbonyl (C=O) groups excluding carboxylic acids is 1. The molecule has 24 heavy (non-hydrogen) atoms. The summed E-state index contributed by atoms with van der Waals surface area (Å²) < 4.78 is 0. The van der Waals surface area contributed by atoms with Crippen molar-refractivity contribution in [2.45, 2.75) is 6.92 Å². The number of nitro benzene ring substituents is 1. The Morgan fingerprint density at radius 2 is 1.75 bits per heavy atom. The molecule has 0 heterocycles. The summed E-state index contributed by atoms with van der Waals surface area (Å²) in [6.45, 7) is 1.50. The van der Waals surface area contributed by atoms with Crippen LogP contribution in [0.2, 0.25) is 0 Å². The Kier molecular flexibility index (Phi) is 5.06. The number of para-hydroxylation sites is 2. The molecule has 0 saturated heterocycles. The number of hydrogen-bond acceptors (Lipinski definition) is 4. The highest BCUT2D eigenvalue weighted by molar-refractivity contribution is 6.09. The van der Waals surface area contributed by atoms with Crippen LogP contribution in [0.15, 0.2) is 54.1 Å². The van der Waals surface area contributed by atoms with E-state index >= 15 is 0 Å². The van der Waals surface area contributed by atoms with Crippen molar-refractivity contribution in [3.05, 3.63) is 75.3 Å². The summed E-state index contributed by atoms with van der Waals surface area (Å²) in [7, 11) is 0. The van der Waals surface area contributed by atoms with Crippen LogP contribution in [0.25, 0.3) is 6.08 Å². The van der Waals surface area contributed by atoms with Gasteiger partial charge in [-0.1, -0.05) is 24.3 Å². The van der Waals surface area contributed by atoms with Gasteiger partial charge in [0.15, 0.2) is 0 Å². The monoisotopic (exact) mass is 326 g/mol. The summed E-state index contributed by atoms with van der Waals surface area (Å²) in [6.07, 6.45) is 1.39. The Bertz CT molecular complexity index is 842. The minimum absolute atomic E-state index is 0.0376. The Morgan fingerprint density at radius 3 is 2.42 bits per heavy atom. The standard InChI is InChI=1S/C17H14N2O5/c1-11(10-12-6-2-5-9-15(12)19(23)24)16(20)18-14-8-4-3-7-13(14)17(21)22/h2-10H,1H3,(H,18,20)(H,21,22)/b11-10+. The highest BCUT2D eigenvalue weighted by atomic mass is 16.6. The van der Waals surface area contributed by atoms with E-state index in [0.717, 1.165) is 0 Å². The molecular weight excluding hydrogens is 312 g/mol. The molecule has 0 aromatic heterocycles. The molecule has 0 bridgehead atoms. The first-order valence-electron chi connectivity index (χ1n) is 6.95. The SMILES string of the molecule is C/C(=C\c1ccccc1[N+](=O)[O-])C(=O)Nc1ccccc1C(=O)O. The Morgan fingerprint density at radius 1 is 1.12 bits per heavy atom. The third-order valence-electron chi connectivity index (χ3n) is 3.27. The molecule has 0 spiro atoms. The van der Waals surface area contributed by atoms with E-state index in [2.05, 4.69) is 5.32 Å². The molecule has 2 N–H and O–H groups in total. The van der Waals surface area contributed by atoms with E-state index in [-0.39, 0.29) is 22.5 Å². The lowest BCUT2D eigenvalue weighted by Crippen LogP contribution is -2.15. The summed E-state index contributed by atoms with van der Waals surface area (Å²) in [4.78, 5) is 33.8. The van der Waals surface area contributed by atoms with Crippen molar-refractivity contribution < 1.29 is 19.6 Å². The molecule has 1 amide bonds. The predicted molar refractivity (Wildman–Crippen MR) is 88.8 cm³/mol. The van der Waals surface area contributed by atoms with Crippen molar-refractivity contribution in [1.29, 1.82) is 0 Å². The summed E-state index contributed by atoms with van der Waals surface area (Å²) in [5, 5.41) is 22.6. The Balaban J connectivity index is 2.28. The number of nitro groups is 1. The maximum absolute atomic E-state index is 12.2. The van der Waals surface area contributed by atoms with Crippen molar-refractivity contribution in [2.75, 3.05) is 5.32 Å². The number of anilines is 1. The molecular formula is C17H14N2O5. The molecule has 2 aromatic carbocycles. The maximum atomic E-state index is 12.2. The predicted octanol–water partition coefficient (Wildman–Crippen LogP) is 3.34. The second kappa shape index (κ2) is 7.19. The van der Waals surface area contributed by atoms with Gasteiger partial charge in [-0.05, 0) is 31.2 Å². The largest absolute Gasteiger partial charge is 0.478 e. The molecule has 0 saturated carbocycles. The molecule has 0 atom stereocenters. The lowest BCUT2D eigenvalue weighted by atomic mass is 10.1. The topological polar surface area (TPSA) is 110 Å². The molecule has 0 fully saturated rings. The molecule has 7 heteroatoms. The quantitative estimate of drug-likeness (QED) is 0.497. The van der Waals surface area contributed by atoms with Crippen LogP contribution in [0.1, 0.15) is 22.8 Å². The van der Waals surface area contributed by atoms with Crippen LogP contribution in [0, 0.1) is 10.1 Å². The van der Waals surface area contributed by atoms with E-state index in [1.165, 1.54) is 43.3 Å². The second-order valence-corrected chi connectivity index (χ2v) is 4.95. The molecule has 122 valence electrons. The number of nitrogens with one attached hydrogen (secondary N) is 1. The van der Waals surface area contributed by atoms with Gasteiger partial charge in [0.2, 0.25) is 0 Å². The Hall–Kier alpha value is -3.48. The van der Waals surface area contributed by atoms with Gasteiger partial charge < -0.3 is 10.4 Å². The highest BCUT2D eigenvalue weighted by Gasteiger charge is 2.15. The summed E-state index contributed by atoms with van der Waals surface area (Å²) in [6, 6.07) is 12.0. The summed E-state index contributed by atoms with van der Waals surface area (Å²) in [5.74, 6) is -1.70. The average molecular weight is 326 g/mol. The molecule has 0 unspecified atom stereocenters. The van der Waals surface area contributed by atoms with Gasteiger partial charge in [-0.15, -0.1) is 0 Å². The van der Waals surface area contributed by atoms with Crippen LogP contribution in [-0.2, 0) is 4.79 Å². The van der Waals surface area contributed by atoms with Crippen molar-refractivity contribution in [3.63, 3.8) is 0 Å². The molecule has 0 radical (unpaired) electrons. The van der Waals surface area contributed by atoms with Gasteiger partial charge in [-0.3, -0.25) is 14.9 Å². The van der Waals surface area contributed by atoms with Gasteiger partial charge in [0.1, 0.15) is 0 Å². The Labute approximate surface area is 137 Å². The van der Waals surface area contributed by atoms with Crippen molar-refractivity contribution >= 4 is 29.3 Å². The van der Waals surface area contributed by atoms with Crippen LogP contribution < -0.4 is 5.32 Å². The van der Waals surface area contributed by atoms with E-state index in [4.69, 9.17) is 5.11 Å². The lowest BCUT2D eigenvalue weighted by molar-refractivity contribution is -0.385. The number of aromatic carboxylic acids is 1. The number of benzene rings is 2. The smallest absolute Gasteiger partial charge is 0.337 e. The third-order valence-corrected chi connectivity index (χ3v) is 3.27. The highest BCUT2D eigenvalue weighted by Crippen LogP contribution is 2.21. The van der Waals surface area contributed by atoms with E-state index in [0.29, 0.717) is 5.56 Å². The first-order chi connectivity index (χ1) is 11.4. The fourth-order valence-electron chi connectivity index (χ4n) is 2.07. The van der Waals surface area contributed by atoms with E-state index in [1.54, 1.807) is 18.2 Å². The van der Waals surface area contributed by atoms with E-state index in [9.17, 15) is 19.7 Å². The number of nitrogens with zero attached hydrogens (tertiary/aromatic N) is 1. The van der Waals surface area contributed by atoms with Crippen LogP contribution in [-0.4, -0.2) is 21.9 Å². The second-order valence-electron chi connectivity index (χ2n) is 4.95. The van der Waals surface area contributed by atoms with Crippen LogP contribution in [0.3, 0.4) is 0 Å². The van der Waals surface area contributed by atoms with E-state index < -0.39 is 16.8 Å². The normalized spacial score (nSPS) is 11.0. The zero-order valence-electron chi connectivity index (χ0n) is 12.7. The number of carboxylic acids is 1. The van der Waals surface area contributed by atoms with Gasteiger partial charge in [0.25, 0.3) is 11.6 Å². The molecule has 7 nitrogen and oxygen atoms in total. The zero-order chi connectivity index (χ0) is 17.7. The van der Waals surface area contributed by atoms with Crippen molar-refractivity contribution in [3.8, 4) is 0 Å². The van der Waals surface area contributed by atoms with Gasteiger partial charge in [0, 0.05) is 11.6 Å². The van der Waals surface area contributed by atoms with Gasteiger partial charge in [0.05, 0.1) is 21.7 Å². The zero-order valence-corrected chi connectivity index (χ0v) is 12.7. The van der Waals surface area contributed by atoms with Crippen LogP contribution >= 0.6 is 0 Å². The van der Waals surface area contributed by atoms with Gasteiger partial charge >= 0.3 is 5.97 Å². The van der Waals surface area contributed by atoms with Gasteiger partial charge in [-0.25, -0.2) is 4.79 Å². The van der Waals surface area contributed by atoms with E-state index in [1.807, 2.05) is 0 Å². The van der Waals surface area contributed by atoms with Crippen molar-refractivity contribution in [1.82, 2.24) is 0 Å². The first-order valence-corrected chi connectivity index (χ1v) is 6.95. The number of carbonyl (C=O) groups is 2. The minimum Gasteiger partial charge on any atom is -0.478 e. The summed E-state index contributed by atoms with van der Waals surface area (Å²) in [5.41, 5.74) is 0.511. The number of rotatable bonds is 5. The van der Waals surface area contributed by atoms with Crippen LogP contribution in [0.4, 0.5) is 11.4 Å².